The Hall–Kier alpha value is -2.44. The number of carbonyl (C=O) groups is 1. The molecule has 1 aliphatic heterocycles. The van der Waals surface area contributed by atoms with Crippen LogP contribution >= 0.6 is 0 Å². The molecule has 1 atom stereocenters. The number of ether oxygens (including phenoxy) is 3. The largest absolute Gasteiger partial charge is 0.493 e. The van der Waals surface area contributed by atoms with Crippen LogP contribution in [-0.4, -0.2) is 37.3 Å². The van der Waals surface area contributed by atoms with Crippen molar-refractivity contribution < 1.29 is 19.0 Å². The number of pyridine rings is 1. The van der Waals surface area contributed by atoms with Crippen LogP contribution in [0.25, 0.3) is 11.3 Å². The lowest BCUT2D eigenvalue weighted by Gasteiger charge is -2.34. The van der Waals surface area contributed by atoms with Gasteiger partial charge in [0, 0.05) is 56.2 Å². The van der Waals surface area contributed by atoms with Crippen LogP contribution in [0.5, 0.6) is 5.75 Å². The van der Waals surface area contributed by atoms with Gasteiger partial charge in [0.15, 0.2) is 11.2 Å². The van der Waals surface area contributed by atoms with Crippen molar-refractivity contribution in [2.24, 2.45) is 5.92 Å². The van der Waals surface area contributed by atoms with E-state index in [9.17, 15) is 9.59 Å². The minimum Gasteiger partial charge on any atom is -0.493 e. The number of benzene rings is 1. The second-order valence-electron chi connectivity index (χ2n) is 8.36. The van der Waals surface area contributed by atoms with Crippen molar-refractivity contribution >= 4 is 5.78 Å². The summed E-state index contributed by atoms with van der Waals surface area (Å²) in [4.78, 5) is 24.6. The Morgan fingerprint density at radius 3 is 2.65 bits per heavy atom. The molecule has 168 valence electrons. The number of carbonyl (C=O) groups excluding carboxylic acids is 1. The molecular weight excluding hydrogens is 394 g/mol. The summed E-state index contributed by atoms with van der Waals surface area (Å²) in [6.45, 7) is 9.99. The number of ketones is 1. The van der Waals surface area contributed by atoms with Gasteiger partial charge in [-0.05, 0) is 43.9 Å². The van der Waals surface area contributed by atoms with Crippen LogP contribution in [0.4, 0.5) is 0 Å². The minimum absolute atomic E-state index is 0.153. The maximum atomic E-state index is 12.7. The number of rotatable bonds is 10. The van der Waals surface area contributed by atoms with Gasteiger partial charge in [0.1, 0.15) is 5.75 Å². The van der Waals surface area contributed by atoms with E-state index in [1.807, 2.05) is 6.92 Å². The summed E-state index contributed by atoms with van der Waals surface area (Å²) in [6.07, 6.45) is 3.36. The predicted molar refractivity (Wildman–Crippen MR) is 121 cm³/mol. The third kappa shape index (κ3) is 5.08. The summed E-state index contributed by atoms with van der Waals surface area (Å²) >= 11 is 0. The maximum absolute atomic E-state index is 12.7. The van der Waals surface area contributed by atoms with Gasteiger partial charge in [-0.3, -0.25) is 9.59 Å². The highest BCUT2D eigenvalue weighted by Gasteiger charge is 2.28. The zero-order valence-electron chi connectivity index (χ0n) is 19.2. The predicted octanol–water partition coefficient (Wildman–Crippen LogP) is 4.42. The van der Waals surface area contributed by atoms with E-state index in [4.69, 9.17) is 14.2 Å². The van der Waals surface area contributed by atoms with Crippen LogP contribution < -0.4 is 10.2 Å². The number of hydrogen-bond donors (Lipinski definition) is 0. The van der Waals surface area contributed by atoms with Gasteiger partial charge in [-0.2, -0.15) is 0 Å². The van der Waals surface area contributed by atoms with Crippen molar-refractivity contribution in [3.05, 3.63) is 51.3 Å². The standard InChI is InChI=1S/C25H33NO5/c1-6-30-15-19-10-20-18(12-25(19)31-9-7-8-29-5)11-22(16(2)3)26-14-21(17(4)27)24(28)13-23(20)26/h10,12-14,16,22H,6-9,11,15H2,1-5H3. The first-order chi connectivity index (χ1) is 14.9. The van der Waals surface area contributed by atoms with E-state index in [1.165, 1.54) is 6.92 Å². The van der Waals surface area contributed by atoms with Crippen molar-refractivity contribution in [3.8, 4) is 17.0 Å². The van der Waals surface area contributed by atoms with E-state index in [1.54, 1.807) is 19.4 Å². The van der Waals surface area contributed by atoms with Crippen LogP contribution in [-0.2, 0) is 22.5 Å². The van der Waals surface area contributed by atoms with E-state index in [-0.39, 0.29) is 22.8 Å². The van der Waals surface area contributed by atoms with Crippen molar-refractivity contribution in [3.63, 3.8) is 0 Å². The third-order valence-electron chi connectivity index (χ3n) is 5.79. The lowest BCUT2D eigenvalue weighted by molar-refractivity contribution is 0.101. The fraction of sp³-hybridized carbons (Fsp3) is 0.520. The molecule has 2 aromatic rings. The van der Waals surface area contributed by atoms with Crippen molar-refractivity contribution in [1.29, 1.82) is 0 Å². The Bertz CT molecular complexity index is 992. The van der Waals surface area contributed by atoms with Gasteiger partial charge < -0.3 is 18.8 Å². The van der Waals surface area contributed by atoms with E-state index >= 15 is 0 Å². The number of methoxy groups -OCH3 is 1. The molecule has 0 amide bonds. The molecule has 1 aliphatic rings. The first-order valence-electron chi connectivity index (χ1n) is 11.0. The number of hydrogen-bond acceptors (Lipinski definition) is 5. The molecule has 3 rings (SSSR count). The lowest BCUT2D eigenvalue weighted by Crippen LogP contribution is -2.28. The van der Waals surface area contributed by atoms with E-state index in [0.717, 1.165) is 41.0 Å². The zero-order chi connectivity index (χ0) is 22.5. The molecule has 0 spiro atoms. The summed E-state index contributed by atoms with van der Waals surface area (Å²) in [5.74, 6) is 0.954. The van der Waals surface area contributed by atoms with Gasteiger partial charge in [0.05, 0.1) is 24.5 Å². The summed E-state index contributed by atoms with van der Waals surface area (Å²) in [7, 11) is 1.68. The molecule has 0 radical (unpaired) electrons. The summed E-state index contributed by atoms with van der Waals surface area (Å²) < 4.78 is 19.0. The molecule has 0 saturated carbocycles. The molecule has 1 aromatic carbocycles. The maximum Gasteiger partial charge on any atom is 0.192 e. The molecule has 0 fully saturated rings. The summed E-state index contributed by atoms with van der Waals surface area (Å²) in [5, 5.41) is 0. The number of aromatic nitrogens is 1. The molecule has 2 heterocycles. The van der Waals surface area contributed by atoms with Crippen LogP contribution in [0.15, 0.2) is 29.2 Å². The first kappa shape index (κ1) is 23.2. The van der Waals surface area contributed by atoms with Gasteiger partial charge in [-0.25, -0.2) is 0 Å². The summed E-state index contributed by atoms with van der Waals surface area (Å²) in [6, 6.07) is 5.93. The first-order valence-corrected chi connectivity index (χ1v) is 11.0. The van der Waals surface area contributed by atoms with E-state index < -0.39 is 0 Å². The van der Waals surface area contributed by atoms with Gasteiger partial charge in [-0.1, -0.05) is 13.8 Å². The van der Waals surface area contributed by atoms with Crippen LogP contribution in [0.2, 0.25) is 0 Å². The molecule has 6 heteroatoms. The second kappa shape index (κ2) is 10.2. The molecule has 1 aromatic heterocycles. The Balaban J connectivity index is 2.11. The highest BCUT2D eigenvalue weighted by molar-refractivity contribution is 5.94. The second-order valence-corrected chi connectivity index (χ2v) is 8.36. The average molecular weight is 428 g/mol. The monoisotopic (exact) mass is 427 g/mol. The van der Waals surface area contributed by atoms with Crippen molar-refractivity contribution in [2.75, 3.05) is 26.9 Å². The number of Topliss-reactive ketones (excluding diaryl/α,β-unsaturated/α-hetero) is 1. The minimum atomic E-state index is -0.236. The van der Waals surface area contributed by atoms with Gasteiger partial charge >= 0.3 is 0 Å². The Kier molecular flexibility index (Phi) is 7.68. The van der Waals surface area contributed by atoms with Crippen LogP contribution in [0.1, 0.15) is 61.6 Å². The number of nitrogens with zero attached hydrogens (tertiary/aromatic N) is 1. The molecule has 31 heavy (non-hydrogen) atoms. The van der Waals surface area contributed by atoms with Gasteiger partial charge in [-0.15, -0.1) is 0 Å². The normalized spacial score (nSPS) is 15.0. The number of fused-ring (bicyclic) bond motifs is 3. The SMILES string of the molecule is CCOCc1cc2c(cc1OCCCOC)CC(C(C)C)n1cc(C(C)=O)c(=O)cc1-2. The zero-order valence-corrected chi connectivity index (χ0v) is 19.2. The molecule has 6 nitrogen and oxygen atoms in total. The topological polar surface area (TPSA) is 66.8 Å². The fourth-order valence-electron chi connectivity index (χ4n) is 4.10. The van der Waals surface area contributed by atoms with Gasteiger partial charge in [0.25, 0.3) is 0 Å². The van der Waals surface area contributed by atoms with Crippen molar-refractivity contribution in [2.45, 2.75) is 53.2 Å². The molecular formula is C25H33NO5. The highest BCUT2D eigenvalue weighted by Crippen LogP contribution is 2.40. The quantitative estimate of drug-likeness (QED) is 0.415. The molecule has 0 aliphatic carbocycles. The third-order valence-corrected chi connectivity index (χ3v) is 5.79. The Morgan fingerprint density at radius 2 is 2.00 bits per heavy atom. The summed E-state index contributed by atoms with van der Waals surface area (Å²) in [5.41, 5.74) is 3.96. The van der Waals surface area contributed by atoms with Crippen LogP contribution in [0, 0.1) is 5.92 Å². The highest BCUT2D eigenvalue weighted by atomic mass is 16.5. The van der Waals surface area contributed by atoms with Crippen molar-refractivity contribution in [1.82, 2.24) is 4.57 Å². The molecule has 0 N–H and O–H groups in total. The molecule has 0 saturated heterocycles. The van der Waals surface area contributed by atoms with E-state index in [0.29, 0.717) is 32.3 Å². The Labute approximate surface area is 184 Å². The lowest BCUT2D eigenvalue weighted by atomic mass is 9.86. The molecule has 0 bridgehead atoms. The van der Waals surface area contributed by atoms with E-state index in [2.05, 4.69) is 30.5 Å². The average Bonchev–Trinajstić information content (AvgIpc) is 2.73. The smallest absolute Gasteiger partial charge is 0.192 e. The fourth-order valence-corrected chi connectivity index (χ4v) is 4.10. The molecule has 1 unspecified atom stereocenters. The Morgan fingerprint density at radius 1 is 1.23 bits per heavy atom. The van der Waals surface area contributed by atoms with Crippen LogP contribution in [0.3, 0.4) is 0 Å². The van der Waals surface area contributed by atoms with Gasteiger partial charge in [0.2, 0.25) is 0 Å².